The number of halogens is 1. The molecule has 0 saturated carbocycles. The zero-order valence-corrected chi connectivity index (χ0v) is 15.8. The molecule has 0 radical (unpaired) electrons. The van der Waals surface area contributed by atoms with Crippen molar-refractivity contribution in [1.29, 1.82) is 0 Å². The molecular weight excluding hydrogens is 322 g/mol. The number of piperidine rings is 1. The molecule has 3 rings (SSSR count). The van der Waals surface area contributed by atoms with Crippen molar-refractivity contribution < 1.29 is 4.79 Å². The van der Waals surface area contributed by atoms with E-state index in [0.29, 0.717) is 24.7 Å². The van der Waals surface area contributed by atoms with E-state index in [4.69, 9.17) is 0 Å². The summed E-state index contributed by atoms with van der Waals surface area (Å²) in [6.45, 7) is 4.66. The lowest BCUT2D eigenvalue weighted by molar-refractivity contribution is -0.117. The highest BCUT2D eigenvalue weighted by Crippen LogP contribution is 2.29. The molecule has 4 nitrogen and oxygen atoms in total. The van der Waals surface area contributed by atoms with Gasteiger partial charge < -0.3 is 10.6 Å². The van der Waals surface area contributed by atoms with Crippen LogP contribution in [-0.4, -0.2) is 42.5 Å². The molecule has 2 N–H and O–H groups in total. The van der Waals surface area contributed by atoms with Crippen molar-refractivity contribution in [1.82, 2.24) is 10.2 Å². The van der Waals surface area contributed by atoms with E-state index in [-0.39, 0.29) is 18.3 Å². The van der Waals surface area contributed by atoms with Crippen molar-refractivity contribution in [3.63, 3.8) is 0 Å². The molecule has 134 valence electrons. The molecule has 0 spiro atoms. The number of likely N-dealkylation sites (N-methyl/N-ethyl adjacent to an activating group) is 1. The van der Waals surface area contributed by atoms with Gasteiger partial charge in [-0.05, 0) is 57.2 Å². The Morgan fingerprint density at radius 2 is 1.96 bits per heavy atom. The number of rotatable bonds is 5. The van der Waals surface area contributed by atoms with E-state index < -0.39 is 0 Å². The maximum Gasteiger partial charge on any atom is 0.238 e. The molecule has 0 aromatic heterocycles. The maximum absolute atomic E-state index is 12.5. The van der Waals surface area contributed by atoms with Crippen LogP contribution in [0.4, 0.5) is 5.69 Å². The Labute approximate surface area is 151 Å². The van der Waals surface area contributed by atoms with Gasteiger partial charge in [0, 0.05) is 23.8 Å². The van der Waals surface area contributed by atoms with Crippen LogP contribution in [-0.2, 0) is 11.2 Å². The van der Waals surface area contributed by atoms with Crippen LogP contribution >= 0.6 is 12.4 Å². The largest absolute Gasteiger partial charge is 0.324 e. The van der Waals surface area contributed by atoms with Crippen LogP contribution in [0.5, 0.6) is 0 Å². The standard InChI is InChI=1S/C19H29N3O.ClH/c1-4-14-7-5-6-13(2)19(14)21-18(23)12-22(3)17-10-15-8-9-16(11-17)20-15;/h5-7,15-17,20H,4,8-12H2,1-3H3,(H,21,23);1H. The fourth-order valence-corrected chi connectivity index (χ4v) is 4.12. The van der Waals surface area contributed by atoms with Crippen molar-refractivity contribution in [2.45, 2.75) is 64.1 Å². The average molecular weight is 352 g/mol. The third-order valence-corrected chi connectivity index (χ3v) is 5.47. The lowest BCUT2D eigenvalue weighted by Crippen LogP contribution is -2.48. The van der Waals surface area contributed by atoms with Gasteiger partial charge in [0.2, 0.25) is 5.91 Å². The Morgan fingerprint density at radius 3 is 2.58 bits per heavy atom. The number of carbonyl (C=O) groups excluding carboxylic acids is 1. The molecule has 1 aromatic carbocycles. The first-order chi connectivity index (χ1) is 11.1. The molecule has 2 unspecified atom stereocenters. The molecule has 0 aliphatic carbocycles. The van der Waals surface area contributed by atoms with Gasteiger partial charge in [0.1, 0.15) is 0 Å². The molecule has 24 heavy (non-hydrogen) atoms. The van der Waals surface area contributed by atoms with Crippen LogP contribution in [0.15, 0.2) is 18.2 Å². The Balaban J connectivity index is 0.00000208. The summed E-state index contributed by atoms with van der Waals surface area (Å²) >= 11 is 0. The molecule has 2 bridgehead atoms. The van der Waals surface area contributed by atoms with E-state index in [1.165, 1.54) is 31.2 Å². The number of fused-ring (bicyclic) bond motifs is 2. The highest BCUT2D eigenvalue weighted by atomic mass is 35.5. The van der Waals surface area contributed by atoms with Crippen LogP contribution in [0.1, 0.15) is 43.7 Å². The fraction of sp³-hybridized carbons (Fsp3) is 0.632. The first kappa shape index (κ1) is 19.2. The number of nitrogens with zero attached hydrogens (tertiary/aromatic N) is 1. The number of para-hydroxylation sites is 1. The molecule has 2 saturated heterocycles. The summed E-state index contributed by atoms with van der Waals surface area (Å²) in [4.78, 5) is 14.7. The summed E-state index contributed by atoms with van der Waals surface area (Å²) < 4.78 is 0. The molecular formula is C19H30ClN3O. The van der Waals surface area contributed by atoms with Gasteiger partial charge in [-0.15, -0.1) is 12.4 Å². The number of nitrogens with one attached hydrogen (secondary N) is 2. The van der Waals surface area contributed by atoms with Gasteiger partial charge in [0.25, 0.3) is 0 Å². The van der Waals surface area contributed by atoms with E-state index >= 15 is 0 Å². The number of hydrogen-bond acceptors (Lipinski definition) is 3. The Bertz CT molecular complexity index is 566. The molecule has 2 aliphatic rings. The molecule has 2 atom stereocenters. The second kappa shape index (κ2) is 8.32. The number of amides is 1. The van der Waals surface area contributed by atoms with Crippen molar-refractivity contribution in [3.8, 4) is 0 Å². The van der Waals surface area contributed by atoms with Crippen LogP contribution < -0.4 is 10.6 Å². The molecule has 1 amide bonds. The minimum atomic E-state index is 0. The van der Waals surface area contributed by atoms with Gasteiger partial charge in [-0.3, -0.25) is 9.69 Å². The number of carbonyl (C=O) groups is 1. The van der Waals surface area contributed by atoms with E-state index in [0.717, 1.165) is 17.7 Å². The van der Waals surface area contributed by atoms with Gasteiger partial charge >= 0.3 is 0 Å². The van der Waals surface area contributed by atoms with Gasteiger partial charge in [0.05, 0.1) is 6.54 Å². The normalized spacial score (nSPS) is 25.4. The number of anilines is 1. The summed E-state index contributed by atoms with van der Waals surface area (Å²) in [5, 5.41) is 6.81. The van der Waals surface area contributed by atoms with E-state index in [1.807, 2.05) is 0 Å². The minimum Gasteiger partial charge on any atom is -0.324 e. The number of benzene rings is 1. The maximum atomic E-state index is 12.5. The molecule has 1 aromatic rings. The van der Waals surface area contributed by atoms with Crippen molar-refractivity contribution in [2.75, 3.05) is 18.9 Å². The Kier molecular flexibility index (Phi) is 6.67. The summed E-state index contributed by atoms with van der Waals surface area (Å²) in [6.07, 6.45) is 5.87. The zero-order chi connectivity index (χ0) is 16.4. The smallest absolute Gasteiger partial charge is 0.238 e. The van der Waals surface area contributed by atoms with E-state index in [9.17, 15) is 4.79 Å². The highest BCUT2D eigenvalue weighted by Gasteiger charge is 2.35. The summed E-state index contributed by atoms with van der Waals surface area (Å²) in [6, 6.07) is 8.06. The van der Waals surface area contributed by atoms with Crippen LogP contribution in [0.2, 0.25) is 0 Å². The average Bonchev–Trinajstić information content (AvgIpc) is 2.87. The van der Waals surface area contributed by atoms with E-state index in [1.54, 1.807) is 0 Å². The minimum absolute atomic E-state index is 0. The summed E-state index contributed by atoms with van der Waals surface area (Å²) in [7, 11) is 2.09. The van der Waals surface area contributed by atoms with Gasteiger partial charge in [-0.25, -0.2) is 0 Å². The topological polar surface area (TPSA) is 44.4 Å². The molecule has 2 aliphatic heterocycles. The monoisotopic (exact) mass is 351 g/mol. The van der Waals surface area contributed by atoms with Crippen LogP contribution in [0.3, 0.4) is 0 Å². The second-order valence-corrected chi connectivity index (χ2v) is 7.19. The molecule has 2 heterocycles. The number of hydrogen-bond donors (Lipinski definition) is 2. The first-order valence-electron chi connectivity index (χ1n) is 8.91. The fourth-order valence-electron chi connectivity index (χ4n) is 4.12. The van der Waals surface area contributed by atoms with Gasteiger partial charge in [0.15, 0.2) is 0 Å². The third kappa shape index (κ3) is 4.29. The summed E-state index contributed by atoms with van der Waals surface area (Å²) in [5.41, 5.74) is 3.35. The molecule has 2 fully saturated rings. The second-order valence-electron chi connectivity index (χ2n) is 7.19. The third-order valence-electron chi connectivity index (χ3n) is 5.47. The predicted octanol–water partition coefficient (Wildman–Crippen LogP) is 3.13. The van der Waals surface area contributed by atoms with Gasteiger partial charge in [-0.2, -0.15) is 0 Å². The highest BCUT2D eigenvalue weighted by molar-refractivity contribution is 5.93. The van der Waals surface area contributed by atoms with Gasteiger partial charge in [-0.1, -0.05) is 25.1 Å². The van der Waals surface area contributed by atoms with Crippen molar-refractivity contribution >= 4 is 24.0 Å². The number of aryl methyl sites for hydroxylation is 2. The Hall–Kier alpha value is -1.10. The van der Waals surface area contributed by atoms with Crippen LogP contribution in [0.25, 0.3) is 0 Å². The SMILES string of the molecule is CCc1cccc(C)c1NC(=O)CN(C)C1CC2CCC(C1)N2.Cl. The van der Waals surface area contributed by atoms with Crippen LogP contribution in [0, 0.1) is 6.92 Å². The van der Waals surface area contributed by atoms with E-state index in [2.05, 4.69) is 54.6 Å². The Morgan fingerprint density at radius 1 is 1.29 bits per heavy atom. The first-order valence-corrected chi connectivity index (χ1v) is 8.91. The summed E-state index contributed by atoms with van der Waals surface area (Å²) in [5.74, 6) is 0.0994. The molecule has 5 heteroatoms. The predicted molar refractivity (Wildman–Crippen MR) is 102 cm³/mol. The van der Waals surface area contributed by atoms with Crippen molar-refractivity contribution in [3.05, 3.63) is 29.3 Å². The lowest BCUT2D eigenvalue weighted by atomic mass is 9.98. The quantitative estimate of drug-likeness (QED) is 0.856. The van der Waals surface area contributed by atoms with Crippen molar-refractivity contribution in [2.24, 2.45) is 0 Å². The zero-order valence-electron chi connectivity index (χ0n) is 15.0. The lowest BCUT2D eigenvalue weighted by Gasteiger charge is -2.35.